The fourth-order valence-electron chi connectivity index (χ4n) is 6.35. The molecule has 0 aromatic rings. The molecule has 0 bridgehead atoms. The van der Waals surface area contributed by atoms with Gasteiger partial charge >= 0.3 is 25.7 Å². The number of rotatable bonds is 35. The van der Waals surface area contributed by atoms with Gasteiger partial charge < -0.3 is 40.5 Å². The average molecular weight is 856 g/mol. The number of aliphatic hydroxyl groups is 3. The second-order valence-corrected chi connectivity index (χ2v) is 16.6. The molecule has 338 valence electrons. The molecule has 0 aromatic heterocycles. The topological polar surface area (TPSA) is 232 Å². The molecule has 1 aliphatic rings. The summed E-state index contributed by atoms with van der Waals surface area (Å²) in [5, 5.41) is 40.3. The van der Waals surface area contributed by atoms with Crippen LogP contribution in [0.3, 0.4) is 0 Å². The molecule has 1 saturated carbocycles. The number of carbonyl (C=O) groups is 3. The molecular weight excluding hydrogens is 781 g/mol. The summed E-state index contributed by atoms with van der Waals surface area (Å²) in [7, 11) is -4.82. The van der Waals surface area contributed by atoms with Crippen LogP contribution in [0, 0.1) is 11.8 Å². The molecule has 0 aliphatic heterocycles. The second kappa shape index (κ2) is 33.7. The van der Waals surface area contributed by atoms with Crippen LogP contribution in [-0.4, -0.2) is 93.5 Å². The highest BCUT2D eigenvalue weighted by atomic mass is 31.2. The van der Waals surface area contributed by atoms with E-state index in [2.05, 4.69) is 42.7 Å². The van der Waals surface area contributed by atoms with Crippen LogP contribution in [0.25, 0.3) is 0 Å². The number of esters is 2. The minimum atomic E-state index is -4.82. The van der Waals surface area contributed by atoms with Gasteiger partial charge in [-0.3, -0.25) is 23.4 Å². The molecule has 15 heteroatoms. The predicted octanol–water partition coefficient (Wildman–Crippen LogP) is 7.55. The van der Waals surface area contributed by atoms with Crippen LogP contribution in [0.2, 0.25) is 0 Å². The van der Waals surface area contributed by atoms with Gasteiger partial charge in [0.05, 0.1) is 37.9 Å². The molecule has 1 fully saturated rings. The van der Waals surface area contributed by atoms with Gasteiger partial charge in [0.25, 0.3) is 0 Å². The van der Waals surface area contributed by atoms with Crippen molar-refractivity contribution in [1.82, 2.24) is 0 Å². The van der Waals surface area contributed by atoms with Gasteiger partial charge in [0, 0.05) is 18.8 Å². The summed E-state index contributed by atoms with van der Waals surface area (Å²) in [5.74, 6) is -3.51. The Hall–Kier alpha value is -2.94. The summed E-state index contributed by atoms with van der Waals surface area (Å²) in [5.41, 5.74) is 5.32. The summed E-state index contributed by atoms with van der Waals surface area (Å²) in [6.07, 6.45) is 31.5. The van der Waals surface area contributed by atoms with E-state index in [9.17, 15) is 39.2 Å². The number of ether oxygens (including phenoxy) is 2. The molecule has 0 heterocycles. The van der Waals surface area contributed by atoms with Crippen molar-refractivity contribution in [3.05, 3.63) is 60.8 Å². The standard InChI is InChI=1S/C44H74NO13P/c1-3-5-7-8-9-10-11-12-13-14-15-16-17-18-19-20-22-27-42(49)55-32-36(33-56-59(53,54)57-34-39(45)44(51)52)58-43(50)28-24-23-26-37-38(41(48)31-40(37)47)30-29-35(46)25-21-6-4-2/h12-13,15-16,18-19,23-24,29-30,35-41,46-48H,3-11,14,17,20-22,25-28,31-34,45H2,1-2H3,(H,51,52)(H,53,54)/b13-12-,16-15-,19-18-,24-23-,30-29+/t35-,36-,37+,38-,39+,40+,41-/m1/s1. The Morgan fingerprint density at radius 2 is 1.37 bits per heavy atom. The molecule has 1 aliphatic carbocycles. The van der Waals surface area contributed by atoms with Crippen molar-refractivity contribution in [1.29, 1.82) is 0 Å². The van der Waals surface area contributed by atoms with Crippen LogP contribution in [0.1, 0.15) is 136 Å². The van der Waals surface area contributed by atoms with Crippen molar-refractivity contribution in [3.63, 3.8) is 0 Å². The molecule has 0 spiro atoms. The quantitative estimate of drug-likeness (QED) is 0.0156. The van der Waals surface area contributed by atoms with Crippen molar-refractivity contribution in [3.8, 4) is 0 Å². The predicted molar refractivity (Wildman–Crippen MR) is 228 cm³/mol. The zero-order valence-corrected chi connectivity index (χ0v) is 36.3. The number of aliphatic carboxylic acids is 1. The lowest BCUT2D eigenvalue weighted by atomic mass is 9.89. The molecule has 7 N–H and O–H groups in total. The molecule has 59 heavy (non-hydrogen) atoms. The number of aliphatic hydroxyl groups excluding tert-OH is 3. The van der Waals surface area contributed by atoms with Crippen molar-refractivity contribution < 1.29 is 62.8 Å². The van der Waals surface area contributed by atoms with Crippen LogP contribution in [0.15, 0.2) is 60.8 Å². The third-order valence-corrected chi connectivity index (χ3v) is 10.8. The maximum atomic E-state index is 12.8. The Labute approximate surface area is 352 Å². The largest absolute Gasteiger partial charge is 0.480 e. The molecule has 8 atom stereocenters. The lowest BCUT2D eigenvalue weighted by molar-refractivity contribution is -0.160. The minimum Gasteiger partial charge on any atom is -0.480 e. The number of carbonyl (C=O) groups excluding carboxylic acids is 2. The fraction of sp³-hybridized carbons (Fsp3) is 0.705. The molecule has 0 amide bonds. The molecule has 0 saturated heterocycles. The lowest BCUT2D eigenvalue weighted by Gasteiger charge is -2.20. The Balaban J connectivity index is 2.60. The van der Waals surface area contributed by atoms with E-state index < -0.39 is 76.0 Å². The van der Waals surface area contributed by atoms with Crippen LogP contribution in [0.4, 0.5) is 0 Å². The van der Waals surface area contributed by atoms with Crippen molar-refractivity contribution in [2.45, 2.75) is 166 Å². The Morgan fingerprint density at radius 3 is 2.05 bits per heavy atom. The molecule has 14 nitrogen and oxygen atoms in total. The summed E-state index contributed by atoms with van der Waals surface area (Å²) < 4.78 is 32.5. The van der Waals surface area contributed by atoms with E-state index in [0.717, 1.165) is 38.5 Å². The van der Waals surface area contributed by atoms with E-state index in [4.69, 9.17) is 24.8 Å². The normalized spacial score (nSPS) is 21.2. The first-order valence-corrected chi connectivity index (χ1v) is 23.1. The van der Waals surface area contributed by atoms with Crippen molar-refractivity contribution >= 4 is 25.7 Å². The van der Waals surface area contributed by atoms with Gasteiger partial charge in [-0.25, -0.2) is 4.57 Å². The van der Waals surface area contributed by atoms with Crippen molar-refractivity contribution in [2.75, 3.05) is 19.8 Å². The zero-order chi connectivity index (χ0) is 43.7. The smallest absolute Gasteiger partial charge is 0.472 e. The summed E-state index contributed by atoms with van der Waals surface area (Å²) >= 11 is 0. The Kier molecular flexibility index (Phi) is 30.9. The third kappa shape index (κ3) is 28.3. The average Bonchev–Trinajstić information content (AvgIpc) is 3.47. The first kappa shape index (κ1) is 54.1. The number of allylic oxidation sites excluding steroid dienone is 7. The summed E-state index contributed by atoms with van der Waals surface area (Å²) in [6, 6.07) is -1.58. The lowest BCUT2D eigenvalue weighted by Crippen LogP contribution is -2.34. The molecular formula is C44H74NO13P. The number of unbranched alkanes of at least 4 members (excludes halogenated alkanes) is 9. The number of hydrogen-bond acceptors (Lipinski definition) is 12. The number of nitrogens with two attached hydrogens (primary N) is 1. The summed E-state index contributed by atoms with van der Waals surface area (Å²) in [4.78, 5) is 46.2. The van der Waals surface area contributed by atoms with Gasteiger partial charge in [-0.2, -0.15) is 0 Å². The number of phosphoric ester groups is 1. The van der Waals surface area contributed by atoms with Gasteiger partial charge in [-0.15, -0.1) is 0 Å². The SMILES string of the molecule is CCCCCCCC/C=C\C/C=C\C/C=C\CCCC(=O)OC[C@H](COP(=O)(O)OC[C@H](N)C(=O)O)OC(=O)C/C=C\C[C@H]1[C@@H](/C=C/[C@H](O)CCCCC)[C@H](O)C[C@@H]1O. The summed E-state index contributed by atoms with van der Waals surface area (Å²) in [6.45, 7) is 2.29. The van der Waals surface area contributed by atoms with Gasteiger partial charge in [0.15, 0.2) is 6.10 Å². The number of hydrogen-bond donors (Lipinski definition) is 6. The zero-order valence-electron chi connectivity index (χ0n) is 35.4. The van der Waals surface area contributed by atoms with E-state index in [0.29, 0.717) is 25.7 Å². The van der Waals surface area contributed by atoms with E-state index in [1.807, 2.05) is 12.2 Å². The highest BCUT2D eigenvalue weighted by molar-refractivity contribution is 7.47. The molecule has 1 unspecified atom stereocenters. The van der Waals surface area contributed by atoms with E-state index >= 15 is 0 Å². The van der Waals surface area contributed by atoms with Crippen LogP contribution < -0.4 is 5.73 Å². The monoisotopic (exact) mass is 855 g/mol. The van der Waals surface area contributed by atoms with E-state index in [1.165, 1.54) is 44.6 Å². The molecule has 0 aromatic carbocycles. The van der Waals surface area contributed by atoms with Gasteiger partial charge in [0.1, 0.15) is 12.6 Å². The molecule has 0 radical (unpaired) electrons. The van der Waals surface area contributed by atoms with Crippen LogP contribution in [-0.2, 0) is 37.5 Å². The number of carboxylic acids is 1. The first-order valence-electron chi connectivity index (χ1n) is 21.6. The Morgan fingerprint density at radius 1 is 0.763 bits per heavy atom. The van der Waals surface area contributed by atoms with Gasteiger partial charge in [-0.1, -0.05) is 126 Å². The van der Waals surface area contributed by atoms with Gasteiger partial charge in [-0.05, 0) is 57.3 Å². The van der Waals surface area contributed by atoms with E-state index in [1.54, 1.807) is 18.2 Å². The first-order chi connectivity index (χ1) is 28.3. The number of phosphoric acid groups is 1. The number of carboxylic acid groups (broad SMARTS) is 1. The fourth-order valence-corrected chi connectivity index (χ4v) is 7.13. The van der Waals surface area contributed by atoms with Crippen molar-refractivity contribution in [2.24, 2.45) is 17.6 Å². The van der Waals surface area contributed by atoms with Gasteiger partial charge in [0.2, 0.25) is 0 Å². The third-order valence-electron chi connectivity index (χ3n) is 9.84. The minimum absolute atomic E-state index is 0.0816. The van der Waals surface area contributed by atoms with Crippen LogP contribution >= 0.6 is 7.82 Å². The molecule has 1 rings (SSSR count). The van der Waals surface area contributed by atoms with E-state index in [-0.39, 0.29) is 31.1 Å². The maximum absolute atomic E-state index is 12.8. The highest BCUT2D eigenvalue weighted by Gasteiger charge is 2.39. The second-order valence-electron chi connectivity index (χ2n) is 15.1. The van der Waals surface area contributed by atoms with Crippen LogP contribution in [0.5, 0.6) is 0 Å². The maximum Gasteiger partial charge on any atom is 0.472 e. The highest BCUT2D eigenvalue weighted by Crippen LogP contribution is 2.43. The Bertz CT molecular complexity index is 1350.